The molecule has 2 aromatic carbocycles. The van der Waals surface area contributed by atoms with Gasteiger partial charge in [-0.25, -0.2) is 0 Å². The minimum atomic E-state index is 0.0906. The fourth-order valence-corrected chi connectivity index (χ4v) is 3.14. The first-order valence-corrected chi connectivity index (χ1v) is 8.78. The number of rotatable bonds is 7. The molecular formula is C20H26N2O3. The summed E-state index contributed by atoms with van der Waals surface area (Å²) in [5, 5.41) is 5.49. The zero-order valence-corrected chi connectivity index (χ0v) is 15.0. The standard InChI is InChI=1S/C20H26N2O3/c1-22(20(23)13-21-12-19-4-3-9-25-19)14-15-5-6-17-11-18(24-2)8-7-16(17)10-15/h5-8,10-11,19,21H,3-4,9,12-14H2,1-2H3. The first-order chi connectivity index (χ1) is 12.2. The molecule has 134 valence electrons. The van der Waals surface area contributed by atoms with Gasteiger partial charge in [-0.2, -0.15) is 0 Å². The van der Waals surface area contributed by atoms with Gasteiger partial charge < -0.3 is 19.7 Å². The maximum Gasteiger partial charge on any atom is 0.236 e. The summed E-state index contributed by atoms with van der Waals surface area (Å²) < 4.78 is 10.8. The number of hydrogen-bond acceptors (Lipinski definition) is 4. The second-order valence-corrected chi connectivity index (χ2v) is 6.56. The smallest absolute Gasteiger partial charge is 0.236 e. The molecule has 0 aliphatic carbocycles. The molecule has 5 nitrogen and oxygen atoms in total. The molecule has 3 rings (SSSR count). The van der Waals surface area contributed by atoms with Gasteiger partial charge in [-0.05, 0) is 47.4 Å². The average Bonchev–Trinajstić information content (AvgIpc) is 3.14. The number of nitrogens with zero attached hydrogens (tertiary/aromatic N) is 1. The molecule has 1 saturated heterocycles. The SMILES string of the molecule is COc1ccc2cc(CN(C)C(=O)CNCC3CCCO3)ccc2c1. The van der Waals surface area contributed by atoms with Gasteiger partial charge in [0.15, 0.2) is 0 Å². The number of carbonyl (C=O) groups excluding carboxylic acids is 1. The first kappa shape index (κ1) is 17.7. The monoisotopic (exact) mass is 342 g/mol. The molecular weight excluding hydrogens is 316 g/mol. The minimum absolute atomic E-state index is 0.0906. The molecule has 1 unspecified atom stereocenters. The highest BCUT2D eigenvalue weighted by Gasteiger charge is 2.16. The number of nitrogens with one attached hydrogen (secondary N) is 1. The van der Waals surface area contributed by atoms with E-state index in [-0.39, 0.29) is 12.0 Å². The highest BCUT2D eigenvalue weighted by atomic mass is 16.5. The summed E-state index contributed by atoms with van der Waals surface area (Å²) >= 11 is 0. The highest BCUT2D eigenvalue weighted by molar-refractivity contribution is 5.84. The fraction of sp³-hybridized carbons (Fsp3) is 0.450. The van der Waals surface area contributed by atoms with Crippen molar-refractivity contribution in [3.63, 3.8) is 0 Å². The van der Waals surface area contributed by atoms with Crippen LogP contribution in [0.2, 0.25) is 0 Å². The van der Waals surface area contributed by atoms with Gasteiger partial charge in [0, 0.05) is 26.7 Å². The zero-order chi connectivity index (χ0) is 17.6. The van der Waals surface area contributed by atoms with Crippen LogP contribution in [0.1, 0.15) is 18.4 Å². The Morgan fingerprint density at radius 1 is 1.28 bits per heavy atom. The van der Waals surface area contributed by atoms with Crippen LogP contribution in [0.25, 0.3) is 10.8 Å². The minimum Gasteiger partial charge on any atom is -0.497 e. The number of likely N-dealkylation sites (N-methyl/N-ethyl adjacent to an activating group) is 1. The lowest BCUT2D eigenvalue weighted by Gasteiger charge is -2.19. The molecule has 0 bridgehead atoms. The Labute approximate surface area is 148 Å². The van der Waals surface area contributed by atoms with Crippen molar-refractivity contribution in [1.82, 2.24) is 10.2 Å². The van der Waals surface area contributed by atoms with Crippen molar-refractivity contribution < 1.29 is 14.3 Å². The van der Waals surface area contributed by atoms with Crippen LogP contribution in [0.15, 0.2) is 36.4 Å². The molecule has 0 spiro atoms. The van der Waals surface area contributed by atoms with E-state index in [9.17, 15) is 4.79 Å². The number of ether oxygens (including phenoxy) is 2. The zero-order valence-electron chi connectivity index (χ0n) is 15.0. The first-order valence-electron chi connectivity index (χ1n) is 8.78. The summed E-state index contributed by atoms with van der Waals surface area (Å²) in [5.41, 5.74) is 1.12. The molecule has 2 aromatic rings. The maximum atomic E-state index is 12.3. The van der Waals surface area contributed by atoms with Crippen LogP contribution < -0.4 is 10.1 Å². The third-order valence-electron chi connectivity index (χ3n) is 4.63. The van der Waals surface area contributed by atoms with E-state index in [1.54, 1.807) is 12.0 Å². The van der Waals surface area contributed by atoms with Crippen molar-refractivity contribution in [3.05, 3.63) is 42.0 Å². The van der Waals surface area contributed by atoms with Crippen molar-refractivity contribution in [3.8, 4) is 5.75 Å². The van der Waals surface area contributed by atoms with Crippen LogP contribution in [0, 0.1) is 0 Å². The van der Waals surface area contributed by atoms with Gasteiger partial charge in [0.05, 0.1) is 19.8 Å². The van der Waals surface area contributed by atoms with E-state index in [1.807, 2.05) is 25.2 Å². The van der Waals surface area contributed by atoms with Crippen LogP contribution in [0.4, 0.5) is 0 Å². The van der Waals surface area contributed by atoms with Crippen LogP contribution in [-0.2, 0) is 16.1 Å². The summed E-state index contributed by atoms with van der Waals surface area (Å²) in [7, 11) is 3.51. The van der Waals surface area contributed by atoms with Crippen LogP contribution in [0.5, 0.6) is 5.75 Å². The lowest BCUT2D eigenvalue weighted by molar-refractivity contribution is -0.129. The molecule has 1 N–H and O–H groups in total. The van der Waals surface area contributed by atoms with Gasteiger partial charge in [-0.15, -0.1) is 0 Å². The molecule has 1 aliphatic rings. The van der Waals surface area contributed by atoms with Gasteiger partial charge in [0.2, 0.25) is 5.91 Å². The average molecular weight is 342 g/mol. The Balaban J connectivity index is 1.53. The van der Waals surface area contributed by atoms with E-state index in [1.165, 1.54) is 0 Å². The predicted molar refractivity (Wildman–Crippen MR) is 98.8 cm³/mol. The van der Waals surface area contributed by atoms with Gasteiger partial charge in [0.1, 0.15) is 5.75 Å². The van der Waals surface area contributed by atoms with Crippen molar-refractivity contribution in [2.75, 3.05) is 33.9 Å². The number of amides is 1. The molecule has 1 atom stereocenters. The third-order valence-corrected chi connectivity index (χ3v) is 4.63. The van der Waals surface area contributed by atoms with Crippen molar-refractivity contribution in [2.45, 2.75) is 25.5 Å². The molecule has 0 saturated carbocycles. The Kier molecular flexibility index (Phi) is 5.89. The molecule has 1 amide bonds. The molecule has 1 aliphatic heterocycles. The second-order valence-electron chi connectivity index (χ2n) is 6.56. The Morgan fingerprint density at radius 2 is 2.08 bits per heavy atom. The fourth-order valence-electron chi connectivity index (χ4n) is 3.14. The summed E-state index contributed by atoms with van der Waals surface area (Å²) in [5.74, 6) is 0.942. The summed E-state index contributed by atoms with van der Waals surface area (Å²) in [4.78, 5) is 14.0. The highest BCUT2D eigenvalue weighted by Crippen LogP contribution is 2.22. The lowest BCUT2D eigenvalue weighted by Crippen LogP contribution is -2.38. The number of carbonyl (C=O) groups is 1. The molecule has 25 heavy (non-hydrogen) atoms. The molecule has 1 heterocycles. The number of fused-ring (bicyclic) bond motifs is 1. The molecule has 0 aromatic heterocycles. The van der Waals surface area contributed by atoms with Crippen molar-refractivity contribution in [2.24, 2.45) is 0 Å². The Bertz CT molecular complexity index is 726. The predicted octanol–water partition coefficient (Wildman–Crippen LogP) is 2.58. The quantitative estimate of drug-likeness (QED) is 0.840. The summed E-state index contributed by atoms with van der Waals surface area (Å²) in [6.45, 7) is 2.54. The maximum absolute atomic E-state index is 12.3. The van der Waals surface area contributed by atoms with E-state index in [0.29, 0.717) is 13.1 Å². The number of hydrogen-bond donors (Lipinski definition) is 1. The van der Waals surface area contributed by atoms with E-state index < -0.39 is 0 Å². The summed E-state index contributed by atoms with van der Waals surface area (Å²) in [6, 6.07) is 12.3. The Morgan fingerprint density at radius 3 is 2.84 bits per heavy atom. The van der Waals surface area contributed by atoms with Crippen LogP contribution in [-0.4, -0.2) is 50.8 Å². The molecule has 1 fully saturated rings. The van der Waals surface area contributed by atoms with Gasteiger partial charge in [-0.3, -0.25) is 4.79 Å². The van der Waals surface area contributed by atoms with E-state index in [4.69, 9.17) is 9.47 Å². The summed E-state index contributed by atoms with van der Waals surface area (Å²) in [6.07, 6.45) is 2.46. The topological polar surface area (TPSA) is 50.8 Å². The van der Waals surface area contributed by atoms with E-state index >= 15 is 0 Å². The van der Waals surface area contributed by atoms with Crippen LogP contribution in [0.3, 0.4) is 0 Å². The van der Waals surface area contributed by atoms with Gasteiger partial charge >= 0.3 is 0 Å². The van der Waals surface area contributed by atoms with Crippen molar-refractivity contribution >= 4 is 16.7 Å². The van der Waals surface area contributed by atoms with Crippen molar-refractivity contribution in [1.29, 1.82) is 0 Å². The van der Waals surface area contributed by atoms with E-state index in [2.05, 4.69) is 23.5 Å². The number of benzene rings is 2. The number of methoxy groups -OCH3 is 1. The molecule has 0 radical (unpaired) electrons. The van der Waals surface area contributed by atoms with Gasteiger partial charge in [0.25, 0.3) is 0 Å². The van der Waals surface area contributed by atoms with Gasteiger partial charge in [-0.1, -0.05) is 18.2 Å². The largest absolute Gasteiger partial charge is 0.497 e. The lowest BCUT2D eigenvalue weighted by atomic mass is 10.1. The van der Waals surface area contributed by atoms with E-state index in [0.717, 1.165) is 48.1 Å². The second kappa shape index (κ2) is 8.32. The molecule has 5 heteroatoms. The Hall–Kier alpha value is -2.11. The third kappa shape index (κ3) is 4.71. The normalized spacial score (nSPS) is 17.0. The van der Waals surface area contributed by atoms with Crippen LogP contribution >= 0.6 is 0 Å².